The van der Waals surface area contributed by atoms with Crippen molar-refractivity contribution in [2.24, 2.45) is 11.3 Å². The maximum absolute atomic E-state index is 13.4. The maximum atomic E-state index is 13.4. The molecule has 35 heavy (non-hydrogen) atoms. The number of ether oxygens (including phenoxy) is 1. The largest absolute Gasteiger partial charge is 0.496 e. The molecule has 1 aliphatic heterocycles. The van der Waals surface area contributed by atoms with Crippen molar-refractivity contribution in [2.75, 3.05) is 13.7 Å². The molecule has 1 fully saturated rings. The van der Waals surface area contributed by atoms with Gasteiger partial charge in [-0.05, 0) is 48.6 Å². The van der Waals surface area contributed by atoms with E-state index >= 15 is 0 Å². The van der Waals surface area contributed by atoms with Crippen LogP contribution >= 0.6 is 0 Å². The van der Waals surface area contributed by atoms with Gasteiger partial charge < -0.3 is 9.84 Å². The van der Waals surface area contributed by atoms with Crippen LogP contribution in [0.2, 0.25) is 0 Å². The fourth-order valence-electron chi connectivity index (χ4n) is 6.44. The van der Waals surface area contributed by atoms with Gasteiger partial charge in [0, 0.05) is 31.0 Å². The second-order valence-electron chi connectivity index (χ2n) is 10.0. The van der Waals surface area contributed by atoms with Gasteiger partial charge in [-0.15, -0.1) is 0 Å². The maximum Gasteiger partial charge on any atom is 0.312 e. The highest BCUT2D eigenvalue weighted by Gasteiger charge is 2.62. The van der Waals surface area contributed by atoms with Crippen LogP contribution in [0.15, 0.2) is 84.9 Å². The second kappa shape index (κ2) is 9.35. The Labute approximate surface area is 207 Å². The van der Waals surface area contributed by atoms with Crippen LogP contribution in [0.3, 0.4) is 0 Å². The molecule has 0 amide bonds. The first-order valence-corrected chi connectivity index (χ1v) is 12.4. The number of aliphatic carboxylic acids is 1. The van der Waals surface area contributed by atoms with Crippen molar-refractivity contribution in [3.8, 4) is 5.75 Å². The average molecular weight is 468 g/mol. The smallest absolute Gasteiger partial charge is 0.312 e. The highest BCUT2D eigenvalue weighted by molar-refractivity contribution is 5.85. The van der Waals surface area contributed by atoms with Gasteiger partial charge in [0.25, 0.3) is 0 Å². The number of aryl methyl sites for hydroxylation is 1. The van der Waals surface area contributed by atoms with E-state index in [-0.39, 0.29) is 17.9 Å². The van der Waals surface area contributed by atoms with Crippen LogP contribution in [-0.2, 0) is 11.3 Å². The van der Waals surface area contributed by atoms with Crippen molar-refractivity contribution < 1.29 is 14.6 Å². The molecule has 0 bridgehead atoms. The summed E-state index contributed by atoms with van der Waals surface area (Å²) < 4.78 is 5.72. The first-order chi connectivity index (χ1) is 17.0. The third-order valence-electron chi connectivity index (χ3n) is 8.13. The van der Waals surface area contributed by atoms with Gasteiger partial charge in [0.15, 0.2) is 0 Å². The van der Waals surface area contributed by atoms with E-state index in [1.807, 2.05) is 42.5 Å². The van der Waals surface area contributed by atoms with E-state index in [1.165, 1.54) is 11.1 Å². The summed E-state index contributed by atoms with van der Waals surface area (Å²) in [6.07, 6.45) is 2.95. The molecule has 5 rings (SSSR count). The minimum atomic E-state index is -0.961. The normalized spacial score (nSPS) is 26.1. The monoisotopic (exact) mass is 467 g/mol. The Morgan fingerprint density at radius 2 is 1.71 bits per heavy atom. The molecule has 3 aromatic carbocycles. The lowest BCUT2D eigenvalue weighted by molar-refractivity contribution is -0.151. The minimum absolute atomic E-state index is 0.0661. The van der Waals surface area contributed by atoms with Crippen LogP contribution in [0.25, 0.3) is 5.57 Å². The lowest BCUT2D eigenvalue weighted by atomic mass is 9.57. The van der Waals surface area contributed by atoms with Gasteiger partial charge in [-0.25, -0.2) is 0 Å². The van der Waals surface area contributed by atoms with Gasteiger partial charge in [-0.3, -0.25) is 9.69 Å². The lowest BCUT2D eigenvalue weighted by Crippen LogP contribution is -2.47. The van der Waals surface area contributed by atoms with E-state index in [2.05, 4.69) is 61.2 Å². The molecule has 0 radical (unpaired) electrons. The van der Waals surface area contributed by atoms with Crippen molar-refractivity contribution in [1.82, 2.24) is 4.90 Å². The van der Waals surface area contributed by atoms with Crippen molar-refractivity contribution >= 4 is 11.5 Å². The summed E-state index contributed by atoms with van der Waals surface area (Å²) in [5.41, 5.74) is 4.70. The molecule has 1 heterocycles. The molecule has 1 saturated heterocycles. The predicted molar refractivity (Wildman–Crippen MR) is 139 cm³/mol. The van der Waals surface area contributed by atoms with E-state index < -0.39 is 11.4 Å². The Kier molecular flexibility index (Phi) is 6.24. The number of hydrogen-bond donors (Lipinski definition) is 1. The zero-order chi connectivity index (χ0) is 24.6. The highest BCUT2D eigenvalue weighted by atomic mass is 16.5. The number of para-hydroxylation sites is 1. The second-order valence-corrected chi connectivity index (χ2v) is 10.0. The molecule has 4 nitrogen and oxygen atoms in total. The van der Waals surface area contributed by atoms with Crippen LogP contribution in [0.4, 0.5) is 0 Å². The van der Waals surface area contributed by atoms with Gasteiger partial charge in [0.1, 0.15) is 5.75 Å². The quantitative estimate of drug-likeness (QED) is 0.471. The molecule has 0 spiro atoms. The molecule has 2 aliphatic rings. The zero-order valence-corrected chi connectivity index (χ0v) is 20.6. The molecular formula is C31H33NO3. The van der Waals surface area contributed by atoms with Crippen molar-refractivity contribution in [1.29, 1.82) is 0 Å². The van der Waals surface area contributed by atoms with Gasteiger partial charge in [-0.1, -0.05) is 84.4 Å². The SMILES string of the molecule is COc1ccccc1C1CC=C(c2ccc(C)cc2)C2C(C)N(Cc3ccccc3)CC12C(=O)O. The fraction of sp³-hybridized carbons (Fsp3) is 0.323. The first kappa shape index (κ1) is 23.4. The van der Waals surface area contributed by atoms with Gasteiger partial charge >= 0.3 is 5.97 Å². The van der Waals surface area contributed by atoms with E-state index in [1.54, 1.807) is 7.11 Å². The van der Waals surface area contributed by atoms with Crippen molar-refractivity contribution in [3.63, 3.8) is 0 Å². The molecule has 0 saturated carbocycles. The Morgan fingerprint density at radius 1 is 1.03 bits per heavy atom. The van der Waals surface area contributed by atoms with Gasteiger partial charge in [0.05, 0.1) is 12.5 Å². The molecule has 4 heteroatoms. The molecule has 4 unspecified atom stereocenters. The van der Waals surface area contributed by atoms with Crippen LogP contribution in [0.5, 0.6) is 5.75 Å². The highest BCUT2D eigenvalue weighted by Crippen LogP contribution is 2.60. The predicted octanol–water partition coefficient (Wildman–Crippen LogP) is 6.17. The number of hydrogen-bond acceptors (Lipinski definition) is 3. The molecule has 180 valence electrons. The van der Waals surface area contributed by atoms with E-state index in [4.69, 9.17) is 4.74 Å². The van der Waals surface area contributed by atoms with E-state index in [0.717, 1.165) is 29.0 Å². The summed E-state index contributed by atoms with van der Waals surface area (Å²) in [5, 5.41) is 11.0. The topological polar surface area (TPSA) is 49.8 Å². The number of carboxylic acids is 1. The molecule has 1 aliphatic carbocycles. The number of rotatable bonds is 6. The number of fused-ring (bicyclic) bond motifs is 1. The number of likely N-dealkylation sites (tertiary alicyclic amines) is 1. The van der Waals surface area contributed by atoms with Crippen LogP contribution in [0, 0.1) is 18.3 Å². The third-order valence-corrected chi connectivity index (χ3v) is 8.13. The van der Waals surface area contributed by atoms with Crippen LogP contribution < -0.4 is 4.74 Å². The van der Waals surface area contributed by atoms with Gasteiger partial charge in [-0.2, -0.15) is 0 Å². The molecular weight excluding hydrogens is 434 g/mol. The Bertz CT molecular complexity index is 1230. The summed E-state index contributed by atoms with van der Waals surface area (Å²) in [4.78, 5) is 15.8. The van der Waals surface area contributed by atoms with Crippen molar-refractivity contribution in [2.45, 2.75) is 38.8 Å². The average Bonchev–Trinajstić information content (AvgIpc) is 3.18. The fourth-order valence-corrected chi connectivity index (χ4v) is 6.44. The number of benzene rings is 3. The Hall–Kier alpha value is -3.37. The van der Waals surface area contributed by atoms with E-state index in [0.29, 0.717) is 13.0 Å². The molecule has 3 aromatic rings. The summed E-state index contributed by atoms with van der Waals surface area (Å²) >= 11 is 0. The number of methoxy groups -OCH3 is 1. The number of nitrogens with zero attached hydrogens (tertiary/aromatic N) is 1. The minimum Gasteiger partial charge on any atom is -0.496 e. The Morgan fingerprint density at radius 3 is 2.40 bits per heavy atom. The van der Waals surface area contributed by atoms with Crippen molar-refractivity contribution in [3.05, 3.63) is 107 Å². The summed E-state index contributed by atoms with van der Waals surface area (Å²) in [5.74, 6) is -0.287. The van der Waals surface area contributed by atoms with Crippen LogP contribution in [0.1, 0.15) is 41.5 Å². The van der Waals surface area contributed by atoms with Crippen LogP contribution in [-0.4, -0.2) is 35.7 Å². The standard InChI is InChI=1S/C31H33NO3/c1-21-13-15-24(16-14-21)25-17-18-27(26-11-7-8-12-28(26)35-3)31(30(33)34)20-32(22(2)29(25)31)19-23-9-5-4-6-10-23/h4-17,22,27,29H,18-20H2,1-3H3,(H,33,34). The lowest BCUT2D eigenvalue weighted by Gasteiger charge is -2.43. The molecule has 0 aromatic heterocycles. The number of allylic oxidation sites excluding steroid dienone is 1. The molecule has 4 atom stereocenters. The third kappa shape index (κ3) is 3.96. The Balaban J connectivity index is 1.66. The summed E-state index contributed by atoms with van der Waals surface area (Å²) in [7, 11) is 1.67. The summed E-state index contributed by atoms with van der Waals surface area (Å²) in [6, 6.07) is 26.9. The van der Waals surface area contributed by atoms with Gasteiger partial charge in [0.2, 0.25) is 0 Å². The zero-order valence-electron chi connectivity index (χ0n) is 20.6. The van der Waals surface area contributed by atoms with E-state index in [9.17, 15) is 9.90 Å². The number of carbonyl (C=O) groups is 1. The first-order valence-electron chi connectivity index (χ1n) is 12.4. The molecule has 1 N–H and O–H groups in total. The summed E-state index contributed by atoms with van der Waals surface area (Å²) in [6.45, 7) is 5.51. The number of carboxylic acid groups (broad SMARTS) is 1.